The molecule has 0 N–H and O–H groups in total. The molecule has 0 saturated carbocycles. The van der Waals surface area contributed by atoms with Crippen LogP contribution in [0, 0.1) is 20.8 Å². The molecule has 3 saturated heterocycles. The van der Waals surface area contributed by atoms with Crippen molar-refractivity contribution in [2.45, 2.75) is 45.8 Å². The number of fused-ring (bicyclic) bond motifs is 2. The number of pyridine rings is 1. The molecule has 5 rings (SSSR count). The minimum atomic E-state index is 0.609. The Hall–Kier alpha value is -2.01. The third-order valence-corrected chi connectivity index (χ3v) is 5.10. The molecule has 2 atom stereocenters. The molecule has 2 aromatic rings. The molecule has 0 spiro atoms. The number of aryl methyl sites for hydroxylation is 3. The first-order valence-corrected chi connectivity index (χ1v) is 8.32. The molecule has 23 heavy (non-hydrogen) atoms. The molecule has 5 heteroatoms. The molecule has 5 nitrogen and oxygen atoms in total. The summed E-state index contributed by atoms with van der Waals surface area (Å²) in [6.45, 7) is 9.32. The molecular weight excluding hydrogens is 286 g/mol. The molecular formula is C18H23N5. The lowest BCUT2D eigenvalue weighted by atomic mass is 9.87. The van der Waals surface area contributed by atoms with Gasteiger partial charge in [-0.3, -0.25) is 9.88 Å². The van der Waals surface area contributed by atoms with Crippen LogP contribution in [0.15, 0.2) is 24.5 Å². The van der Waals surface area contributed by atoms with Gasteiger partial charge in [0.25, 0.3) is 0 Å². The number of rotatable bonds is 3. The fraction of sp³-hybridized carbons (Fsp3) is 0.500. The van der Waals surface area contributed by atoms with Crippen molar-refractivity contribution in [1.29, 1.82) is 0 Å². The monoisotopic (exact) mass is 309 g/mol. The topological polar surface area (TPSA) is 45.2 Å². The fourth-order valence-corrected chi connectivity index (χ4v) is 3.82. The highest BCUT2D eigenvalue weighted by molar-refractivity contribution is 5.36. The Morgan fingerprint density at radius 2 is 1.78 bits per heavy atom. The van der Waals surface area contributed by atoms with Crippen LogP contribution in [0.4, 0.5) is 5.95 Å². The van der Waals surface area contributed by atoms with E-state index in [1.54, 1.807) is 0 Å². The van der Waals surface area contributed by atoms with Crippen LogP contribution in [-0.2, 0) is 6.54 Å². The second kappa shape index (κ2) is 5.57. The zero-order valence-electron chi connectivity index (χ0n) is 14.0. The van der Waals surface area contributed by atoms with E-state index < -0.39 is 0 Å². The summed E-state index contributed by atoms with van der Waals surface area (Å²) in [6.07, 6.45) is 5.17. The lowest BCUT2D eigenvalue weighted by Crippen LogP contribution is -2.68. The normalized spacial score (nSPS) is 23.7. The van der Waals surface area contributed by atoms with Crippen molar-refractivity contribution in [3.63, 3.8) is 0 Å². The summed E-state index contributed by atoms with van der Waals surface area (Å²) in [5, 5.41) is 0. The van der Waals surface area contributed by atoms with E-state index in [9.17, 15) is 0 Å². The number of aromatic nitrogens is 3. The van der Waals surface area contributed by atoms with Crippen LogP contribution in [0.5, 0.6) is 0 Å². The highest BCUT2D eigenvalue weighted by Crippen LogP contribution is 2.35. The smallest absolute Gasteiger partial charge is 0.225 e. The molecule has 3 aliphatic rings. The Morgan fingerprint density at radius 1 is 1.09 bits per heavy atom. The van der Waals surface area contributed by atoms with E-state index >= 15 is 0 Å². The van der Waals surface area contributed by atoms with E-state index in [2.05, 4.69) is 37.7 Å². The lowest BCUT2D eigenvalue weighted by molar-refractivity contribution is -0.00918. The standard InChI is InChI=1S/C18H23N5/c1-12-4-5-19-8-15(12)9-23-16-7-17(23)11-22(10-16)18-20-13(2)6-14(3)21-18/h4-6,8,16-17H,7,9-11H2,1-3H3. The fourth-order valence-electron chi connectivity index (χ4n) is 3.82. The molecule has 5 heterocycles. The van der Waals surface area contributed by atoms with Gasteiger partial charge in [0.2, 0.25) is 5.95 Å². The van der Waals surface area contributed by atoms with Gasteiger partial charge in [-0.15, -0.1) is 0 Å². The van der Waals surface area contributed by atoms with E-state index in [0.29, 0.717) is 12.1 Å². The average Bonchev–Trinajstić information content (AvgIpc) is 2.53. The van der Waals surface area contributed by atoms with Gasteiger partial charge in [-0.25, -0.2) is 9.97 Å². The van der Waals surface area contributed by atoms with E-state index in [-0.39, 0.29) is 0 Å². The SMILES string of the molecule is Cc1cc(C)nc(N2CC3CC(C2)N3Cc2cnccc2C)n1. The van der Waals surface area contributed by atoms with Gasteiger partial charge in [-0.05, 0) is 50.5 Å². The van der Waals surface area contributed by atoms with Gasteiger partial charge in [0.15, 0.2) is 0 Å². The number of nitrogens with zero attached hydrogens (tertiary/aromatic N) is 5. The molecule has 0 aliphatic carbocycles. The average molecular weight is 309 g/mol. The van der Waals surface area contributed by atoms with Crippen LogP contribution in [0.2, 0.25) is 0 Å². The third-order valence-electron chi connectivity index (χ3n) is 5.10. The molecule has 0 aromatic carbocycles. The Bertz CT molecular complexity index is 697. The van der Waals surface area contributed by atoms with Crippen molar-refractivity contribution in [1.82, 2.24) is 19.9 Å². The Morgan fingerprint density at radius 3 is 2.43 bits per heavy atom. The van der Waals surface area contributed by atoms with Gasteiger partial charge in [0.1, 0.15) is 0 Å². The summed E-state index contributed by atoms with van der Waals surface area (Å²) in [5.74, 6) is 0.898. The predicted molar refractivity (Wildman–Crippen MR) is 90.4 cm³/mol. The van der Waals surface area contributed by atoms with Crippen LogP contribution >= 0.6 is 0 Å². The van der Waals surface area contributed by atoms with Crippen molar-refractivity contribution in [3.05, 3.63) is 47.0 Å². The van der Waals surface area contributed by atoms with Crippen molar-refractivity contribution in [3.8, 4) is 0 Å². The quantitative estimate of drug-likeness (QED) is 0.870. The molecule has 2 bridgehead atoms. The van der Waals surface area contributed by atoms with Crippen LogP contribution in [0.1, 0.15) is 28.9 Å². The van der Waals surface area contributed by atoms with Gasteiger partial charge in [0, 0.05) is 55.5 Å². The highest BCUT2D eigenvalue weighted by atomic mass is 15.4. The first-order valence-electron chi connectivity index (χ1n) is 8.32. The van der Waals surface area contributed by atoms with E-state index in [1.165, 1.54) is 17.5 Å². The summed E-state index contributed by atoms with van der Waals surface area (Å²) >= 11 is 0. The highest BCUT2D eigenvalue weighted by Gasteiger charge is 2.45. The van der Waals surface area contributed by atoms with Crippen molar-refractivity contribution >= 4 is 5.95 Å². The molecule has 0 amide bonds. The van der Waals surface area contributed by atoms with Crippen LogP contribution < -0.4 is 4.90 Å². The molecule has 3 aliphatic heterocycles. The zero-order chi connectivity index (χ0) is 16.0. The number of piperidine rings is 1. The van der Waals surface area contributed by atoms with Crippen molar-refractivity contribution in [2.24, 2.45) is 0 Å². The molecule has 0 radical (unpaired) electrons. The molecule has 120 valence electrons. The van der Waals surface area contributed by atoms with Gasteiger partial charge in [-0.2, -0.15) is 0 Å². The van der Waals surface area contributed by atoms with E-state index in [0.717, 1.165) is 37.0 Å². The maximum Gasteiger partial charge on any atom is 0.225 e. The largest absolute Gasteiger partial charge is 0.338 e. The maximum absolute atomic E-state index is 4.62. The molecule has 3 fully saturated rings. The van der Waals surface area contributed by atoms with E-state index in [4.69, 9.17) is 0 Å². The number of piperazine rings is 1. The second-order valence-corrected chi connectivity index (χ2v) is 6.87. The number of hydrogen-bond acceptors (Lipinski definition) is 5. The van der Waals surface area contributed by atoms with Crippen LogP contribution in [0.3, 0.4) is 0 Å². The second-order valence-electron chi connectivity index (χ2n) is 6.87. The van der Waals surface area contributed by atoms with Crippen molar-refractivity contribution in [2.75, 3.05) is 18.0 Å². The molecule has 2 aromatic heterocycles. The minimum Gasteiger partial charge on any atom is -0.338 e. The summed E-state index contributed by atoms with van der Waals surface area (Å²) in [6, 6.07) is 5.35. The Kier molecular flexibility index (Phi) is 3.53. The predicted octanol–water partition coefficient (Wildman–Crippen LogP) is 2.26. The lowest BCUT2D eigenvalue weighted by Gasteiger charge is -2.56. The Balaban J connectivity index is 1.47. The summed E-state index contributed by atoms with van der Waals surface area (Å²) in [5.41, 5.74) is 4.78. The third kappa shape index (κ3) is 2.70. The minimum absolute atomic E-state index is 0.609. The summed E-state index contributed by atoms with van der Waals surface area (Å²) in [4.78, 5) is 18.5. The van der Waals surface area contributed by atoms with Gasteiger partial charge < -0.3 is 4.90 Å². The van der Waals surface area contributed by atoms with Gasteiger partial charge in [-0.1, -0.05) is 0 Å². The van der Waals surface area contributed by atoms with Crippen LogP contribution in [-0.4, -0.2) is 45.0 Å². The number of hydrogen-bond donors (Lipinski definition) is 0. The van der Waals surface area contributed by atoms with Gasteiger partial charge in [0.05, 0.1) is 0 Å². The number of anilines is 1. The van der Waals surface area contributed by atoms with E-state index in [1.807, 2.05) is 32.3 Å². The molecule has 2 unspecified atom stereocenters. The first-order chi connectivity index (χ1) is 11.1. The Labute approximate surface area is 137 Å². The van der Waals surface area contributed by atoms with Crippen molar-refractivity contribution < 1.29 is 0 Å². The summed E-state index contributed by atoms with van der Waals surface area (Å²) < 4.78 is 0. The van der Waals surface area contributed by atoms with Crippen LogP contribution in [0.25, 0.3) is 0 Å². The van der Waals surface area contributed by atoms with Gasteiger partial charge >= 0.3 is 0 Å². The zero-order valence-corrected chi connectivity index (χ0v) is 14.0. The maximum atomic E-state index is 4.62. The summed E-state index contributed by atoms with van der Waals surface area (Å²) in [7, 11) is 0. The first kappa shape index (κ1) is 14.6.